The van der Waals surface area contributed by atoms with E-state index in [1.165, 1.54) is 4.31 Å². The van der Waals surface area contributed by atoms with Gasteiger partial charge in [0, 0.05) is 39.4 Å². The molecule has 2 rings (SSSR count). The smallest absolute Gasteiger partial charge is 0.214 e. The molecule has 2 N–H and O–H groups in total. The second-order valence-electron chi connectivity index (χ2n) is 5.23. The van der Waals surface area contributed by atoms with Crippen LogP contribution in [0.25, 0.3) is 0 Å². The molecule has 0 aliphatic carbocycles. The van der Waals surface area contributed by atoms with Crippen molar-refractivity contribution in [1.82, 2.24) is 19.9 Å². The van der Waals surface area contributed by atoms with E-state index in [1.807, 2.05) is 6.07 Å². The van der Waals surface area contributed by atoms with E-state index in [-0.39, 0.29) is 5.75 Å². The van der Waals surface area contributed by atoms with Crippen LogP contribution >= 0.6 is 11.6 Å². The van der Waals surface area contributed by atoms with Crippen molar-refractivity contribution in [3.8, 4) is 0 Å². The summed E-state index contributed by atoms with van der Waals surface area (Å²) in [5.41, 5.74) is 1.08. The fourth-order valence-corrected chi connectivity index (χ4v) is 3.98. The maximum Gasteiger partial charge on any atom is 0.214 e. The number of halogens is 1. The SMILES string of the molecule is CN=C(NCCc1ccc(Cl)nc1)NCCN1CCCS1(=O)=O. The molecule has 0 spiro atoms. The zero-order chi connectivity index (χ0) is 16.7. The molecule has 0 radical (unpaired) electrons. The average molecular weight is 360 g/mol. The molecule has 1 aromatic rings. The van der Waals surface area contributed by atoms with Gasteiger partial charge in [-0.1, -0.05) is 17.7 Å². The summed E-state index contributed by atoms with van der Waals surface area (Å²) in [6.45, 7) is 2.30. The normalized spacial score (nSPS) is 18.1. The van der Waals surface area contributed by atoms with Gasteiger partial charge in [0.05, 0.1) is 5.75 Å². The first-order chi connectivity index (χ1) is 11.0. The van der Waals surface area contributed by atoms with Crippen molar-refractivity contribution in [3.63, 3.8) is 0 Å². The molecule has 1 fully saturated rings. The van der Waals surface area contributed by atoms with Gasteiger partial charge < -0.3 is 10.6 Å². The van der Waals surface area contributed by atoms with Crippen LogP contribution in [0.4, 0.5) is 0 Å². The Morgan fingerprint density at radius 3 is 2.78 bits per heavy atom. The lowest BCUT2D eigenvalue weighted by molar-refractivity contribution is 0.445. The van der Waals surface area contributed by atoms with Gasteiger partial charge in [0.15, 0.2) is 5.96 Å². The molecule has 0 atom stereocenters. The predicted octanol–water partition coefficient (Wildman–Crippen LogP) is 0.478. The van der Waals surface area contributed by atoms with Gasteiger partial charge in [-0.05, 0) is 24.5 Å². The van der Waals surface area contributed by atoms with Crippen LogP contribution in [0.2, 0.25) is 5.15 Å². The van der Waals surface area contributed by atoms with E-state index < -0.39 is 10.0 Å². The summed E-state index contributed by atoms with van der Waals surface area (Å²) < 4.78 is 24.9. The minimum absolute atomic E-state index is 0.259. The number of pyridine rings is 1. The molecular formula is C14H22ClN5O2S. The Labute approximate surface area is 142 Å². The Balaban J connectivity index is 1.68. The number of sulfonamides is 1. The molecule has 9 heteroatoms. The molecule has 0 unspecified atom stereocenters. The fraction of sp³-hybridized carbons (Fsp3) is 0.571. The van der Waals surface area contributed by atoms with Crippen LogP contribution in [-0.4, -0.2) is 62.6 Å². The van der Waals surface area contributed by atoms with Crippen LogP contribution in [0.5, 0.6) is 0 Å². The molecule has 1 aliphatic rings. The molecule has 1 aromatic heterocycles. The third-order valence-corrected chi connectivity index (χ3v) is 5.76. The van der Waals surface area contributed by atoms with Crippen LogP contribution in [0.1, 0.15) is 12.0 Å². The van der Waals surface area contributed by atoms with Crippen molar-refractivity contribution in [2.45, 2.75) is 12.8 Å². The zero-order valence-corrected chi connectivity index (χ0v) is 14.7. The molecule has 2 heterocycles. The highest BCUT2D eigenvalue weighted by atomic mass is 35.5. The van der Waals surface area contributed by atoms with Crippen LogP contribution in [0.15, 0.2) is 23.3 Å². The molecule has 128 valence electrons. The first-order valence-electron chi connectivity index (χ1n) is 7.54. The first kappa shape index (κ1) is 18.0. The van der Waals surface area contributed by atoms with Crippen molar-refractivity contribution in [3.05, 3.63) is 29.0 Å². The minimum Gasteiger partial charge on any atom is -0.356 e. The number of nitrogens with zero attached hydrogens (tertiary/aromatic N) is 3. The summed E-state index contributed by atoms with van der Waals surface area (Å²) in [6, 6.07) is 3.70. The topological polar surface area (TPSA) is 86.7 Å². The van der Waals surface area contributed by atoms with Gasteiger partial charge >= 0.3 is 0 Å². The van der Waals surface area contributed by atoms with Gasteiger partial charge in [-0.2, -0.15) is 0 Å². The van der Waals surface area contributed by atoms with E-state index in [0.717, 1.165) is 12.0 Å². The summed E-state index contributed by atoms with van der Waals surface area (Å²) >= 11 is 5.75. The third-order valence-electron chi connectivity index (χ3n) is 3.58. The standard InChI is InChI=1S/C14H22ClN5O2S/c1-16-14(17-6-5-12-3-4-13(15)19-11-12)18-7-9-20-8-2-10-23(20,21)22/h3-4,11H,2,5-10H2,1H3,(H2,16,17,18). The Morgan fingerprint density at radius 1 is 1.39 bits per heavy atom. The molecule has 0 bridgehead atoms. The molecule has 0 saturated carbocycles. The van der Waals surface area contributed by atoms with Crippen LogP contribution < -0.4 is 10.6 Å². The lowest BCUT2D eigenvalue weighted by atomic mass is 10.2. The lowest BCUT2D eigenvalue weighted by Gasteiger charge is -2.16. The van der Waals surface area contributed by atoms with Crippen molar-refractivity contribution in [2.24, 2.45) is 4.99 Å². The van der Waals surface area contributed by atoms with Crippen molar-refractivity contribution < 1.29 is 8.42 Å². The Morgan fingerprint density at radius 2 is 2.17 bits per heavy atom. The Kier molecular flexibility index (Phi) is 6.61. The van der Waals surface area contributed by atoms with Crippen molar-refractivity contribution in [1.29, 1.82) is 0 Å². The summed E-state index contributed by atoms with van der Waals surface area (Å²) in [5, 5.41) is 6.80. The van der Waals surface area contributed by atoms with Gasteiger partial charge in [0.1, 0.15) is 5.15 Å². The molecule has 23 heavy (non-hydrogen) atoms. The van der Waals surface area contributed by atoms with Gasteiger partial charge in [-0.15, -0.1) is 0 Å². The minimum atomic E-state index is -3.03. The number of hydrogen-bond acceptors (Lipinski definition) is 4. The highest BCUT2D eigenvalue weighted by Gasteiger charge is 2.27. The monoisotopic (exact) mass is 359 g/mol. The summed E-state index contributed by atoms with van der Waals surface area (Å²) in [7, 11) is -1.35. The maximum absolute atomic E-state index is 11.7. The number of guanidine groups is 1. The van der Waals surface area contributed by atoms with Crippen LogP contribution in [0, 0.1) is 0 Å². The summed E-state index contributed by atoms with van der Waals surface area (Å²) in [6.07, 6.45) is 3.26. The van der Waals surface area contributed by atoms with Crippen LogP contribution in [0.3, 0.4) is 0 Å². The Hall–Kier alpha value is -1.38. The molecule has 1 aliphatic heterocycles. The molecule has 0 amide bonds. The van der Waals surface area contributed by atoms with E-state index >= 15 is 0 Å². The number of rotatable bonds is 6. The van der Waals surface area contributed by atoms with Gasteiger partial charge in [0.25, 0.3) is 0 Å². The van der Waals surface area contributed by atoms with Gasteiger partial charge in [-0.3, -0.25) is 4.99 Å². The quantitative estimate of drug-likeness (QED) is 0.438. The second kappa shape index (κ2) is 8.47. The lowest BCUT2D eigenvalue weighted by Crippen LogP contribution is -2.42. The van der Waals surface area contributed by atoms with Crippen molar-refractivity contribution in [2.75, 3.05) is 39.0 Å². The number of aliphatic imine (C=N–C) groups is 1. The van der Waals surface area contributed by atoms with Gasteiger partial charge in [0.2, 0.25) is 10.0 Å². The van der Waals surface area contributed by atoms with Crippen molar-refractivity contribution >= 4 is 27.6 Å². The molecule has 1 saturated heterocycles. The molecular weight excluding hydrogens is 338 g/mol. The van der Waals surface area contributed by atoms with E-state index in [4.69, 9.17) is 11.6 Å². The second-order valence-corrected chi connectivity index (χ2v) is 7.71. The highest BCUT2D eigenvalue weighted by molar-refractivity contribution is 7.89. The molecule has 7 nitrogen and oxygen atoms in total. The first-order valence-corrected chi connectivity index (χ1v) is 9.53. The maximum atomic E-state index is 11.7. The third kappa shape index (κ3) is 5.63. The number of hydrogen-bond donors (Lipinski definition) is 2. The van der Waals surface area contributed by atoms with Crippen LogP contribution in [-0.2, 0) is 16.4 Å². The molecule has 0 aromatic carbocycles. The van der Waals surface area contributed by atoms with E-state index in [0.29, 0.717) is 43.7 Å². The average Bonchev–Trinajstić information content (AvgIpc) is 2.86. The number of aromatic nitrogens is 1. The summed E-state index contributed by atoms with van der Waals surface area (Å²) in [4.78, 5) is 8.16. The zero-order valence-electron chi connectivity index (χ0n) is 13.1. The summed E-state index contributed by atoms with van der Waals surface area (Å²) in [5.74, 6) is 0.915. The number of nitrogens with one attached hydrogen (secondary N) is 2. The van der Waals surface area contributed by atoms with E-state index in [2.05, 4.69) is 20.6 Å². The predicted molar refractivity (Wildman–Crippen MR) is 92.3 cm³/mol. The largest absolute Gasteiger partial charge is 0.356 e. The Bertz CT molecular complexity index is 633. The fourth-order valence-electron chi connectivity index (χ4n) is 2.34. The van der Waals surface area contributed by atoms with E-state index in [9.17, 15) is 8.42 Å². The van der Waals surface area contributed by atoms with E-state index in [1.54, 1.807) is 19.3 Å². The highest BCUT2D eigenvalue weighted by Crippen LogP contribution is 2.11. The van der Waals surface area contributed by atoms with Gasteiger partial charge in [-0.25, -0.2) is 17.7 Å².